The number of piperazine rings is 1. The molecule has 2 fully saturated rings. The number of rotatable bonds is 17. The number of amides is 2. The molecule has 9 nitrogen and oxygen atoms in total. The lowest BCUT2D eigenvalue weighted by molar-refractivity contribution is -0.189. The van der Waals surface area contributed by atoms with Crippen LogP contribution in [0.25, 0.3) is 0 Å². The van der Waals surface area contributed by atoms with Gasteiger partial charge in [-0.3, -0.25) is 19.4 Å². The molecular weight excluding hydrogens is 604 g/mol. The Morgan fingerprint density at radius 2 is 1.90 bits per heavy atom. The molecule has 0 aromatic carbocycles. The molecule has 0 aromatic rings. The number of aliphatic imine (C=N–C) groups is 1. The van der Waals surface area contributed by atoms with Crippen LogP contribution >= 0.6 is 0 Å². The van der Waals surface area contributed by atoms with E-state index in [1.54, 1.807) is 18.2 Å². The maximum Gasteiger partial charge on any atom is 0.246 e. The van der Waals surface area contributed by atoms with Crippen molar-refractivity contribution >= 4 is 24.3 Å². The Bertz CT molecular complexity index is 1400. The average Bonchev–Trinajstić information content (AvgIpc) is 3.46. The number of hydrogen-bond acceptors (Lipinski definition) is 7. The molecule has 48 heavy (non-hydrogen) atoms. The molecule has 4 aliphatic rings. The Balaban J connectivity index is 1.29. The fourth-order valence-corrected chi connectivity index (χ4v) is 6.09. The van der Waals surface area contributed by atoms with Crippen molar-refractivity contribution in [2.75, 3.05) is 32.8 Å². The van der Waals surface area contributed by atoms with E-state index in [1.165, 1.54) is 0 Å². The number of carbonyl (C=O) groups is 3. The first-order valence-corrected chi connectivity index (χ1v) is 17.5. The molecule has 0 saturated carbocycles. The summed E-state index contributed by atoms with van der Waals surface area (Å²) in [5, 5.41) is 4.96. The number of carbonyl (C=O) groups excluding carboxylic acids is 3. The first-order valence-electron chi connectivity index (χ1n) is 17.5. The molecule has 0 aromatic heterocycles. The normalized spacial score (nSPS) is 22.7. The number of hydroxylamine groups is 2. The predicted octanol–water partition coefficient (Wildman–Crippen LogP) is 6.10. The van der Waals surface area contributed by atoms with Gasteiger partial charge in [-0.2, -0.15) is 5.06 Å². The van der Waals surface area contributed by atoms with Gasteiger partial charge in [0.25, 0.3) is 0 Å². The fraction of sp³-hybridized carbons (Fsp3) is 0.513. The van der Waals surface area contributed by atoms with Crippen molar-refractivity contribution < 1.29 is 24.0 Å². The number of piperidine rings is 1. The van der Waals surface area contributed by atoms with E-state index in [-0.39, 0.29) is 17.7 Å². The Morgan fingerprint density at radius 3 is 2.67 bits per heavy atom. The van der Waals surface area contributed by atoms with E-state index >= 15 is 0 Å². The summed E-state index contributed by atoms with van der Waals surface area (Å²) in [5.41, 5.74) is 3.23. The van der Waals surface area contributed by atoms with Crippen molar-refractivity contribution in [3.63, 3.8) is 0 Å². The van der Waals surface area contributed by atoms with E-state index in [0.717, 1.165) is 44.0 Å². The van der Waals surface area contributed by atoms with Gasteiger partial charge in [-0.25, -0.2) is 0 Å². The van der Waals surface area contributed by atoms with Crippen molar-refractivity contribution in [3.05, 3.63) is 89.7 Å². The quantitative estimate of drug-likeness (QED) is 0.0668. The van der Waals surface area contributed by atoms with Crippen molar-refractivity contribution in [2.24, 2.45) is 16.8 Å². The van der Waals surface area contributed by atoms with Crippen LogP contribution < -0.4 is 5.32 Å². The lowest BCUT2D eigenvalue weighted by atomic mass is 9.81. The molecule has 9 heteroatoms. The number of aldehydes is 1. The molecule has 2 aliphatic heterocycles. The van der Waals surface area contributed by atoms with Gasteiger partial charge in [0.15, 0.2) is 0 Å². The topological polar surface area (TPSA) is 101 Å². The number of unbranched alkanes of at least 4 members (excludes halogenated alkanes) is 3. The molecule has 2 heterocycles. The third kappa shape index (κ3) is 10.7. The average molecular weight is 657 g/mol. The van der Waals surface area contributed by atoms with Crippen LogP contribution in [0.3, 0.4) is 0 Å². The van der Waals surface area contributed by atoms with Crippen LogP contribution in [0.1, 0.15) is 72.1 Å². The van der Waals surface area contributed by atoms with Crippen LogP contribution in [0, 0.1) is 11.8 Å². The number of ether oxygens (including phenoxy) is 1. The van der Waals surface area contributed by atoms with Gasteiger partial charge >= 0.3 is 0 Å². The number of nitrogens with zero attached hydrogens (tertiary/aromatic N) is 3. The highest BCUT2D eigenvalue weighted by Gasteiger charge is 2.53. The Hall–Kier alpha value is -4.04. The predicted molar refractivity (Wildman–Crippen MR) is 190 cm³/mol. The van der Waals surface area contributed by atoms with Gasteiger partial charge in [0.1, 0.15) is 36.0 Å². The van der Waals surface area contributed by atoms with E-state index in [1.807, 2.05) is 52.6 Å². The lowest BCUT2D eigenvalue weighted by Gasteiger charge is -2.51. The van der Waals surface area contributed by atoms with Gasteiger partial charge in [0.05, 0.1) is 5.92 Å². The number of nitrogens with one attached hydrogen (secondary N) is 1. The van der Waals surface area contributed by atoms with Crippen molar-refractivity contribution in [2.45, 2.75) is 83.7 Å². The molecule has 1 unspecified atom stereocenters. The first kappa shape index (κ1) is 36.8. The fourth-order valence-electron chi connectivity index (χ4n) is 6.09. The van der Waals surface area contributed by atoms with Crippen LogP contribution in [-0.2, 0) is 24.0 Å². The van der Waals surface area contributed by atoms with Gasteiger partial charge in [-0.1, -0.05) is 70.4 Å². The Morgan fingerprint density at radius 1 is 1.08 bits per heavy atom. The van der Waals surface area contributed by atoms with Gasteiger partial charge in [-0.05, 0) is 68.1 Å². The minimum atomic E-state index is -0.857. The third-order valence-electron chi connectivity index (χ3n) is 8.87. The summed E-state index contributed by atoms with van der Waals surface area (Å²) >= 11 is 0. The van der Waals surface area contributed by atoms with Gasteiger partial charge in [0, 0.05) is 44.4 Å². The van der Waals surface area contributed by atoms with Crippen molar-refractivity contribution in [3.8, 4) is 0 Å². The summed E-state index contributed by atoms with van der Waals surface area (Å²) in [4.78, 5) is 51.2. The van der Waals surface area contributed by atoms with Crippen LogP contribution in [0.2, 0.25) is 0 Å². The molecule has 2 saturated heterocycles. The highest BCUT2D eigenvalue weighted by atomic mass is 16.7. The zero-order valence-electron chi connectivity index (χ0n) is 28.8. The molecule has 1 N–H and O–H groups in total. The second-order valence-electron chi connectivity index (χ2n) is 13.0. The molecular formula is C39H52N4O5. The highest BCUT2D eigenvalue weighted by molar-refractivity contribution is 6.00. The van der Waals surface area contributed by atoms with Crippen molar-refractivity contribution in [1.82, 2.24) is 15.3 Å². The minimum absolute atomic E-state index is 0.00876. The van der Waals surface area contributed by atoms with Gasteiger partial charge in [-0.15, -0.1) is 5.73 Å². The summed E-state index contributed by atoms with van der Waals surface area (Å²) in [6.45, 7) is 8.92. The van der Waals surface area contributed by atoms with E-state index in [0.29, 0.717) is 69.5 Å². The zero-order chi connectivity index (χ0) is 34.2. The van der Waals surface area contributed by atoms with Crippen molar-refractivity contribution in [1.29, 1.82) is 0 Å². The minimum Gasteiger partial charge on any atom is -0.457 e. The van der Waals surface area contributed by atoms with E-state index < -0.39 is 11.6 Å². The largest absolute Gasteiger partial charge is 0.457 e. The zero-order valence-corrected chi connectivity index (χ0v) is 28.8. The third-order valence-corrected chi connectivity index (χ3v) is 8.87. The SMILES string of the molecule is CCCCCCN1C(=O)[C@H](CCN=CC/C=C\C(C)C)NC(=O)C12CCN(OCC1=C=CC=C(OC3=CC=CC(C=O)C=C3)C=C1)CC2. The maximum atomic E-state index is 13.8. The molecule has 2 aliphatic carbocycles. The highest BCUT2D eigenvalue weighted by Crippen LogP contribution is 2.34. The van der Waals surface area contributed by atoms with E-state index in [2.05, 4.69) is 49.0 Å². The Labute approximate surface area is 286 Å². The standard InChI is InChI=1S/C39H52N4O5/c1-4-5-6-9-26-43-37(45)36(21-25-40-24-8-7-12-31(2)3)41-38(46)39(43)22-27-42(28-23-39)47-30-33-14-11-16-35(20-18-33)48-34-15-10-13-32(29-44)17-19-34/h7,10-13,15-20,24,29,31-32,36H,4-6,8-9,21-23,25-28,30H2,1-3H3,(H,41,46)/b12-7-,40-24?/t32?,36-/m0/s1. The van der Waals surface area contributed by atoms with E-state index in [4.69, 9.17) is 9.57 Å². The second-order valence-corrected chi connectivity index (χ2v) is 13.0. The maximum absolute atomic E-state index is 13.8. The molecule has 1 spiro atoms. The molecule has 258 valence electrons. The smallest absolute Gasteiger partial charge is 0.246 e. The van der Waals surface area contributed by atoms with Crippen LogP contribution in [-0.4, -0.2) is 78.6 Å². The summed E-state index contributed by atoms with van der Waals surface area (Å²) in [5.74, 6) is 1.48. The Kier molecular flexibility index (Phi) is 14.6. The molecule has 0 radical (unpaired) electrons. The van der Waals surface area contributed by atoms with Gasteiger partial charge in [0.2, 0.25) is 11.8 Å². The lowest BCUT2D eigenvalue weighted by Crippen LogP contribution is -2.73. The first-order chi connectivity index (χ1) is 23.3. The summed E-state index contributed by atoms with van der Waals surface area (Å²) < 4.78 is 5.98. The second kappa shape index (κ2) is 19.1. The van der Waals surface area contributed by atoms with Crippen LogP contribution in [0.15, 0.2) is 94.7 Å². The summed E-state index contributed by atoms with van der Waals surface area (Å²) in [6, 6.07) is -0.547. The number of allylic oxidation sites excluding steroid dienone is 9. The van der Waals surface area contributed by atoms with E-state index in [9.17, 15) is 14.4 Å². The molecule has 2 atom stereocenters. The molecule has 2 amide bonds. The van der Waals surface area contributed by atoms with Crippen LogP contribution in [0.4, 0.5) is 0 Å². The van der Waals surface area contributed by atoms with Crippen LogP contribution in [0.5, 0.6) is 0 Å². The monoisotopic (exact) mass is 656 g/mol. The summed E-state index contributed by atoms with van der Waals surface area (Å²) in [7, 11) is 0. The number of hydrogen-bond donors (Lipinski definition) is 1. The summed E-state index contributed by atoms with van der Waals surface area (Å²) in [6.07, 6.45) is 29.9. The van der Waals surface area contributed by atoms with Gasteiger partial charge < -0.3 is 19.7 Å². The molecule has 4 rings (SSSR count). The molecule has 0 bridgehead atoms.